The average Bonchev–Trinajstić information content (AvgIpc) is 2.48. The summed E-state index contributed by atoms with van der Waals surface area (Å²) in [4.78, 5) is 0. The third-order valence-corrected chi connectivity index (χ3v) is 3.61. The Bertz CT molecular complexity index is 373. The van der Waals surface area contributed by atoms with Crippen LogP contribution in [0.4, 0.5) is 0 Å². The fourth-order valence-electron chi connectivity index (χ4n) is 2.48. The van der Waals surface area contributed by atoms with Crippen molar-refractivity contribution in [3.05, 3.63) is 28.8 Å². The van der Waals surface area contributed by atoms with Gasteiger partial charge in [0.2, 0.25) is 0 Å². The molecule has 0 spiro atoms. The molecule has 1 atom stereocenters. The van der Waals surface area contributed by atoms with E-state index < -0.39 is 0 Å². The van der Waals surface area contributed by atoms with E-state index in [0.717, 1.165) is 31.7 Å². The Balaban J connectivity index is 2.42. The van der Waals surface area contributed by atoms with Crippen LogP contribution in [-0.4, -0.2) is 13.2 Å². The number of hydrogen-bond acceptors (Lipinski definition) is 2. The lowest BCUT2D eigenvalue weighted by Crippen LogP contribution is -2.07. The van der Waals surface area contributed by atoms with Crippen LogP contribution in [0.3, 0.4) is 0 Å². The van der Waals surface area contributed by atoms with Crippen LogP contribution in [0, 0.1) is 13.8 Å². The third kappa shape index (κ3) is 2.07. The molecule has 2 nitrogen and oxygen atoms in total. The van der Waals surface area contributed by atoms with Crippen LogP contribution < -0.4 is 10.5 Å². The maximum atomic E-state index is 5.90. The first-order valence-electron chi connectivity index (χ1n) is 6.17. The molecule has 0 amide bonds. The van der Waals surface area contributed by atoms with Gasteiger partial charge in [-0.2, -0.15) is 0 Å². The Hall–Kier alpha value is -1.02. The highest BCUT2D eigenvalue weighted by molar-refractivity contribution is 5.47. The van der Waals surface area contributed by atoms with Crippen LogP contribution in [0.1, 0.15) is 41.9 Å². The largest absolute Gasteiger partial charge is 0.493 e. The van der Waals surface area contributed by atoms with E-state index in [2.05, 4.69) is 26.0 Å². The SMILES string of the molecule is Cc1ccc2c(c1C)OCCCC2CCN. The van der Waals surface area contributed by atoms with Gasteiger partial charge in [-0.25, -0.2) is 0 Å². The quantitative estimate of drug-likeness (QED) is 0.830. The lowest BCUT2D eigenvalue weighted by molar-refractivity contribution is 0.313. The monoisotopic (exact) mass is 219 g/mol. The summed E-state index contributed by atoms with van der Waals surface area (Å²) in [7, 11) is 0. The molecule has 1 aliphatic heterocycles. The van der Waals surface area contributed by atoms with Gasteiger partial charge in [0.15, 0.2) is 0 Å². The van der Waals surface area contributed by atoms with E-state index in [1.807, 2.05) is 0 Å². The Kier molecular flexibility index (Phi) is 3.49. The molecule has 0 fully saturated rings. The van der Waals surface area contributed by atoms with Crippen molar-refractivity contribution in [1.82, 2.24) is 0 Å². The van der Waals surface area contributed by atoms with Crippen LogP contribution in [0.25, 0.3) is 0 Å². The Morgan fingerprint density at radius 3 is 2.94 bits per heavy atom. The van der Waals surface area contributed by atoms with E-state index in [1.165, 1.54) is 23.1 Å². The van der Waals surface area contributed by atoms with E-state index in [9.17, 15) is 0 Å². The molecule has 0 aromatic heterocycles. The average molecular weight is 219 g/mol. The minimum absolute atomic E-state index is 0.585. The van der Waals surface area contributed by atoms with Crippen molar-refractivity contribution in [2.24, 2.45) is 5.73 Å². The van der Waals surface area contributed by atoms with E-state index in [0.29, 0.717) is 5.92 Å². The van der Waals surface area contributed by atoms with Crippen LogP contribution >= 0.6 is 0 Å². The number of aryl methyl sites for hydroxylation is 1. The minimum atomic E-state index is 0.585. The molecule has 16 heavy (non-hydrogen) atoms. The summed E-state index contributed by atoms with van der Waals surface area (Å²) in [5.41, 5.74) is 9.67. The van der Waals surface area contributed by atoms with Gasteiger partial charge in [0.1, 0.15) is 5.75 Å². The molecule has 1 heterocycles. The smallest absolute Gasteiger partial charge is 0.125 e. The summed E-state index contributed by atoms with van der Waals surface area (Å²) in [6, 6.07) is 4.43. The van der Waals surface area contributed by atoms with Crippen LogP contribution in [0.5, 0.6) is 5.75 Å². The van der Waals surface area contributed by atoms with Gasteiger partial charge in [-0.15, -0.1) is 0 Å². The molecule has 0 saturated heterocycles. The van der Waals surface area contributed by atoms with Crippen LogP contribution in [0.2, 0.25) is 0 Å². The number of fused-ring (bicyclic) bond motifs is 1. The fraction of sp³-hybridized carbons (Fsp3) is 0.571. The van der Waals surface area contributed by atoms with E-state index >= 15 is 0 Å². The van der Waals surface area contributed by atoms with E-state index in [-0.39, 0.29) is 0 Å². The lowest BCUT2D eigenvalue weighted by atomic mass is 9.89. The number of rotatable bonds is 2. The van der Waals surface area contributed by atoms with Crippen LogP contribution in [0.15, 0.2) is 12.1 Å². The number of nitrogens with two attached hydrogens (primary N) is 1. The molecule has 2 heteroatoms. The first kappa shape index (κ1) is 11.5. The van der Waals surface area contributed by atoms with Gasteiger partial charge in [-0.05, 0) is 62.3 Å². The van der Waals surface area contributed by atoms with Gasteiger partial charge in [0.25, 0.3) is 0 Å². The molecule has 1 aromatic carbocycles. The predicted molar refractivity (Wildman–Crippen MR) is 67.1 cm³/mol. The molecular weight excluding hydrogens is 198 g/mol. The summed E-state index contributed by atoms with van der Waals surface area (Å²) in [6.07, 6.45) is 3.41. The summed E-state index contributed by atoms with van der Waals surface area (Å²) in [5, 5.41) is 0. The molecule has 2 rings (SSSR count). The molecule has 1 unspecified atom stereocenters. The molecule has 2 N–H and O–H groups in total. The first-order valence-corrected chi connectivity index (χ1v) is 6.17. The lowest BCUT2D eigenvalue weighted by Gasteiger charge is -2.18. The first-order chi connectivity index (χ1) is 7.74. The zero-order valence-electron chi connectivity index (χ0n) is 10.3. The second-order valence-electron chi connectivity index (χ2n) is 4.69. The van der Waals surface area contributed by atoms with Crippen molar-refractivity contribution in [2.45, 2.75) is 39.0 Å². The summed E-state index contributed by atoms with van der Waals surface area (Å²) in [5.74, 6) is 1.71. The molecule has 0 saturated carbocycles. The van der Waals surface area contributed by atoms with E-state index in [1.54, 1.807) is 0 Å². The molecule has 88 valence electrons. The highest BCUT2D eigenvalue weighted by atomic mass is 16.5. The molecule has 0 aliphatic carbocycles. The third-order valence-electron chi connectivity index (χ3n) is 3.61. The number of benzene rings is 1. The topological polar surface area (TPSA) is 35.2 Å². The van der Waals surface area contributed by atoms with Crippen molar-refractivity contribution < 1.29 is 4.74 Å². The predicted octanol–water partition coefficient (Wildman–Crippen LogP) is 2.91. The maximum absolute atomic E-state index is 5.90. The maximum Gasteiger partial charge on any atom is 0.125 e. The van der Waals surface area contributed by atoms with Gasteiger partial charge in [0, 0.05) is 0 Å². The highest BCUT2D eigenvalue weighted by Gasteiger charge is 2.20. The van der Waals surface area contributed by atoms with E-state index in [4.69, 9.17) is 10.5 Å². The molecule has 1 aromatic rings. The number of hydrogen-bond donors (Lipinski definition) is 1. The Morgan fingerprint density at radius 1 is 1.38 bits per heavy atom. The van der Waals surface area contributed by atoms with Crippen molar-refractivity contribution in [1.29, 1.82) is 0 Å². The summed E-state index contributed by atoms with van der Waals surface area (Å²) in [6.45, 7) is 5.90. The van der Waals surface area contributed by atoms with Gasteiger partial charge >= 0.3 is 0 Å². The Morgan fingerprint density at radius 2 is 2.19 bits per heavy atom. The van der Waals surface area contributed by atoms with Crippen molar-refractivity contribution in [2.75, 3.05) is 13.2 Å². The minimum Gasteiger partial charge on any atom is -0.493 e. The van der Waals surface area contributed by atoms with Gasteiger partial charge in [0.05, 0.1) is 6.61 Å². The van der Waals surface area contributed by atoms with Gasteiger partial charge in [-0.1, -0.05) is 12.1 Å². The highest BCUT2D eigenvalue weighted by Crippen LogP contribution is 2.38. The van der Waals surface area contributed by atoms with Gasteiger partial charge in [-0.3, -0.25) is 0 Å². The molecule has 0 radical (unpaired) electrons. The zero-order valence-corrected chi connectivity index (χ0v) is 10.3. The van der Waals surface area contributed by atoms with Crippen molar-refractivity contribution in [3.63, 3.8) is 0 Å². The van der Waals surface area contributed by atoms with Crippen LogP contribution in [-0.2, 0) is 0 Å². The molecular formula is C14H21NO. The second kappa shape index (κ2) is 4.88. The number of ether oxygens (including phenoxy) is 1. The van der Waals surface area contributed by atoms with Crippen molar-refractivity contribution >= 4 is 0 Å². The summed E-state index contributed by atoms with van der Waals surface area (Å²) < 4.78 is 5.90. The Labute approximate surface area is 97.8 Å². The fourth-order valence-corrected chi connectivity index (χ4v) is 2.48. The normalized spacial score (nSPS) is 19.8. The van der Waals surface area contributed by atoms with Crippen molar-refractivity contribution in [3.8, 4) is 5.75 Å². The molecule has 1 aliphatic rings. The summed E-state index contributed by atoms with van der Waals surface area (Å²) >= 11 is 0. The zero-order chi connectivity index (χ0) is 11.5. The van der Waals surface area contributed by atoms with Gasteiger partial charge < -0.3 is 10.5 Å². The second-order valence-corrected chi connectivity index (χ2v) is 4.69. The standard InChI is InChI=1S/C14H21NO/c1-10-5-6-13-12(7-8-15)4-3-9-16-14(13)11(10)2/h5-6,12H,3-4,7-9,15H2,1-2H3. The molecule has 0 bridgehead atoms.